The van der Waals surface area contributed by atoms with E-state index in [1.54, 1.807) is 0 Å². The van der Waals surface area contributed by atoms with E-state index >= 15 is 0 Å². The van der Waals surface area contributed by atoms with Gasteiger partial charge in [-0.15, -0.1) is 0 Å². The lowest BCUT2D eigenvalue weighted by Gasteiger charge is -2.32. The number of anilines is 1. The fourth-order valence-electron chi connectivity index (χ4n) is 2.00. The molecule has 0 saturated heterocycles. The summed E-state index contributed by atoms with van der Waals surface area (Å²) in [6.07, 6.45) is 7.34. The monoisotopic (exact) mass is 258 g/mol. The first-order chi connectivity index (χ1) is 8.99. The Morgan fingerprint density at radius 1 is 1.32 bits per heavy atom. The normalized spacial score (nSPS) is 17.9. The van der Waals surface area contributed by atoms with E-state index in [1.807, 2.05) is 45.9 Å². The van der Waals surface area contributed by atoms with Crippen molar-refractivity contribution in [2.45, 2.75) is 33.3 Å². The van der Waals surface area contributed by atoms with Crippen molar-refractivity contribution < 1.29 is 4.74 Å². The predicted molar refractivity (Wildman–Crippen MR) is 76.8 cm³/mol. The van der Waals surface area contributed by atoms with Gasteiger partial charge in [-0.2, -0.15) is 4.98 Å². The maximum absolute atomic E-state index is 5.91. The summed E-state index contributed by atoms with van der Waals surface area (Å²) in [5, 5.41) is 0. The van der Waals surface area contributed by atoms with Gasteiger partial charge in [0.25, 0.3) is 0 Å². The van der Waals surface area contributed by atoms with Gasteiger partial charge in [0, 0.05) is 0 Å². The second kappa shape index (κ2) is 4.84. The number of nitrogens with two attached hydrogens (primary N) is 1. The molecule has 2 N–H and O–H groups in total. The molecule has 1 aliphatic heterocycles. The molecular weight excluding hydrogens is 240 g/mol. The number of hydrogen-bond acceptors (Lipinski definition) is 5. The standard InChI is InChI=1S/C14H18N4O/c1-5-7-9(6-2)11-14(3,4)19-13-10(18-11)12(15)16-8-17-13/h5-8H,1-4H3,(H2,15,16,17)/b7-5-,9-6+. The molecule has 1 aromatic heterocycles. The van der Waals surface area contributed by atoms with Crippen LogP contribution in [0.4, 0.5) is 11.5 Å². The Bertz CT molecular complexity index is 585. The summed E-state index contributed by atoms with van der Waals surface area (Å²) in [6.45, 7) is 7.85. The summed E-state index contributed by atoms with van der Waals surface area (Å²) in [5.74, 6) is 0.756. The Hall–Kier alpha value is -2.17. The third-order valence-corrected chi connectivity index (χ3v) is 2.89. The average Bonchev–Trinajstić information content (AvgIpc) is 2.35. The molecule has 1 aliphatic rings. The van der Waals surface area contributed by atoms with Crippen LogP contribution >= 0.6 is 0 Å². The second-order valence-electron chi connectivity index (χ2n) is 4.73. The molecule has 0 aromatic carbocycles. The summed E-state index contributed by atoms with van der Waals surface area (Å²) >= 11 is 0. The largest absolute Gasteiger partial charge is 0.463 e. The third-order valence-electron chi connectivity index (χ3n) is 2.89. The molecule has 0 amide bonds. The van der Waals surface area contributed by atoms with Gasteiger partial charge in [0.2, 0.25) is 5.88 Å². The number of aliphatic imine (C=N–C) groups is 1. The van der Waals surface area contributed by atoms with Gasteiger partial charge in [-0.25, -0.2) is 9.98 Å². The minimum Gasteiger partial charge on any atom is -0.463 e. The van der Waals surface area contributed by atoms with Crippen molar-refractivity contribution in [2.24, 2.45) is 4.99 Å². The Balaban J connectivity index is 2.62. The first-order valence-corrected chi connectivity index (χ1v) is 6.17. The number of nitrogens with zero attached hydrogens (tertiary/aromatic N) is 3. The Morgan fingerprint density at radius 3 is 2.68 bits per heavy atom. The van der Waals surface area contributed by atoms with Gasteiger partial charge in [0.1, 0.15) is 11.9 Å². The molecule has 0 unspecified atom stereocenters. The van der Waals surface area contributed by atoms with Crippen LogP contribution in [0.3, 0.4) is 0 Å². The van der Waals surface area contributed by atoms with Crippen molar-refractivity contribution in [3.63, 3.8) is 0 Å². The zero-order valence-electron chi connectivity index (χ0n) is 11.6. The van der Waals surface area contributed by atoms with Crippen LogP contribution in [-0.4, -0.2) is 21.3 Å². The number of nitrogen functional groups attached to an aromatic ring is 1. The Morgan fingerprint density at radius 2 is 2.05 bits per heavy atom. The van der Waals surface area contributed by atoms with Crippen LogP contribution in [0, 0.1) is 0 Å². The van der Waals surface area contributed by atoms with Crippen molar-refractivity contribution >= 4 is 17.2 Å². The molecule has 0 saturated carbocycles. The van der Waals surface area contributed by atoms with Crippen molar-refractivity contribution in [2.75, 3.05) is 5.73 Å². The van der Waals surface area contributed by atoms with Crippen LogP contribution in [0.25, 0.3) is 0 Å². The first-order valence-electron chi connectivity index (χ1n) is 6.17. The SMILES string of the molecule is C/C=C\C(=C/C)C1=Nc2c(N)ncnc2OC1(C)C. The number of hydrogen-bond donors (Lipinski definition) is 1. The molecule has 0 fully saturated rings. The predicted octanol–water partition coefficient (Wildman–Crippen LogP) is 2.82. The molecule has 5 nitrogen and oxygen atoms in total. The van der Waals surface area contributed by atoms with Gasteiger partial charge in [-0.1, -0.05) is 18.2 Å². The van der Waals surface area contributed by atoms with Crippen molar-refractivity contribution in [3.8, 4) is 5.88 Å². The van der Waals surface area contributed by atoms with E-state index in [2.05, 4.69) is 15.0 Å². The van der Waals surface area contributed by atoms with Gasteiger partial charge in [-0.05, 0) is 33.3 Å². The maximum Gasteiger partial charge on any atom is 0.246 e. The molecule has 5 heteroatoms. The highest BCUT2D eigenvalue weighted by Crippen LogP contribution is 2.38. The zero-order chi connectivity index (χ0) is 14.0. The minimum atomic E-state index is -0.560. The van der Waals surface area contributed by atoms with Gasteiger partial charge >= 0.3 is 0 Å². The van der Waals surface area contributed by atoms with Crippen molar-refractivity contribution in [1.82, 2.24) is 9.97 Å². The number of ether oxygens (including phenoxy) is 1. The minimum absolute atomic E-state index is 0.328. The summed E-state index contributed by atoms with van der Waals surface area (Å²) in [5.41, 5.74) is 7.59. The van der Waals surface area contributed by atoms with Crippen LogP contribution in [0.15, 0.2) is 35.1 Å². The van der Waals surface area contributed by atoms with Crippen molar-refractivity contribution in [1.29, 1.82) is 0 Å². The summed E-state index contributed by atoms with van der Waals surface area (Å²) in [6, 6.07) is 0. The molecule has 0 spiro atoms. The fourth-order valence-corrected chi connectivity index (χ4v) is 2.00. The topological polar surface area (TPSA) is 73.4 Å². The molecule has 1 aromatic rings. The van der Waals surface area contributed by atoms with Crippen LogP contribution in [0.1, 0.15) is 27.7 Å². The quantitative estimate of drug-likeness (QED) is 0.828. The fraction of sp³-hybridized carbons (Fsp3) is 0.357. The molecule has 0 atom stereocenters. The number of allylic oxidation sites excluding steroid dienone is 3. The highest BCUT2D eigenvalue weighted by Gasteiger charge is 2.35. The van der Waals surface area contributed by atoms with Gasteiger partial charge in [0.05, 0.1) is 5.71 Å². The van der Waals surface area contributed by atoms with E-state index in [1.165, 1.54) is 6.33 Å². The van der Waals surface area contributed by atoms with E-state index in [-0.39, 0.29) is 0 Å². The van der Waals surface area contributed by atoms with Gasteiger partial charge in [-0.3, -0.25) is 0 Å². The molecule has 0 bridgehead atoms. The third kappa shape index (κ3) is 2.36. The Kier molecular flexibility index (Phi) is 3.38. The van der Waals surface area contributed by atoms with Gasteiger partial charge < -0.3 is 10.5 Å². The lowest BCUT2D eigenvalue weighted by atomic mass is 9.93. The van der Waals surface area contributed by atoms with Crippen LogP contribution in [0.2, 0.25) is 0 Å². The van der Waals surface area contributed by atoms with E-state index in [9.17, 15) is 0 Å². The van der Waals surface area contributed by atoms with Gasteiger partial charge in [0.15, 0.2) is 11.5 Å². The molecule has 0 aliphatic carbocycles. The van der Waals surface area contributed by atoms with Crippen LogP contribution in [-0.2, 0) is 0 Å². The smallest absolute Gasteiger partial charge is 0.246 e. The van der Waals surface area contributed by atoms with E-state index in [0.717, 1.165) is 11.3 Å². The van der Waals surface area contributed by atoms with E-state index in [4.69, 9.17) is 10.5 Å². The van der Waals surface area contributed by atoms with Crippen LogP contribution in [0.5, 0.6) is 5.88 Å². The Labute approximate surface area is 112 Å². The lowest BCUT2D eigenvalue weighted by molar-refractivity contribution is 0.171. The van der Waals surface area contributed by atoms with E-state index in [0.29, 0.717) is 17.4 Å². The summed E-state index contributed by atoms with van der Waals surface area (Å²) < 4.78 is 5.91. The molecule has 2 heterocycles. The molecule has 0 radical (unpaired) electrons. The molecular formula is C14H18N4O. The molecule has 19 heavy (non-hydrogen) atoms. The molecule has 2 rings (SSSR count). The first kappa shape index (κ1) is 13.3. The maximum atomic E-state index is 5.91. The van der Waals surface area contributed by atoms with Crippen LogP contribution < -0.4 is 10.5 Å². The number of fused-ring (bicyclic) bond motifs is 1. The van der Waals surface area contributed by atoms with Crippen molar-refractivity contribution in [3.05, 3.63) is 30.1 Å². The highest BCUT2D eigenvalue weighted by atomic mass is 16.5. The molecule has 100 valence electrons. The van der Waals surface area contributed by atoms with E-state index < -0.39 is 5.60 Å². The highest BCUT2D eigenvalue weighted by molar-refractivity contribution is 6.10. The number of aromatic nitrogens is 2. The number of rotatable bonds is 2. The summed E-state index contributed by atoms with van der Waals surface area (Å²) in [7, 11) is 0. The zero-order valence-corrected chi connectivity index (χ0v) is 11.6. The summed E-state index contributed by atoms with van der Waals surface area (Å²) in [4.78, 5) is 12.6. The second-order valence-corrected chi connectivity index (χ2v) is 4.73. The lowest BCUT2D eigenvalue weighted by Crippen LogP contribution is -2.41. The average molecular weight is 258 g/mol.